The second-order valence-electron chi connectivity index (χ2n) is 4.53. The van der Waals surface area contributed by atoms with Crippen LogP contribution >= 0.6 is 11.3 Å². The predicted molar refractivity (Wildman–Crippen MR) is 81.3 cm³/mol. The number of nitro benzene ring substituents is 1. The minimum absolute atomic E-state index is 0.00889. The van der Waals surface area contributed by atoms with Gasteiger partial charge >= 0.3 is 0 Å². The van der Waals surface area contributed by atoms with E-state index in [-0.39, 0.29) is 18.1 Å². The number of anilines is 1. The Hall–Kier alpha value is -2.54. The van der Waals surface area contributed by atoms with Gasteiger partial charge in [0.1, 0.15) is 11.5 Å². The minimum Gasteiger partial charge on any atom is -0.305 e. The largest absolute Gasteiger partial charge is 0.305 e. The Kier molecular flexibility index (Phi) is 3.26. The molecule has 1 amide bonds. The standard InChI is InChI=1S/C14H11N3O3S/c1-16-12(18)8-15-13(10-6-7-21-14(10)16)9-4-2-3-5-11(9)17(19)20/h2-7H,8H2,1H3. The van der Waals surface area contributed by atoms with Gasteiger partial charge in [-0.25, -0.2) is 0 Å². The Balaban J connectivity index is 2.22. The normalized spacial score (nSPS) is 14.4. The summed E-state index contributed by atoms with van der Waals surface area (Å²) in [6, 6.07) is 8.29. The number of nitro groups is 1. The van der Waals surface area contributed by atoms with Gasteiger partial charge in [-0.3, -0.25) is 19.9 Å². The van der Waals surface area contributed by atoms with Crippen molar-refractivity contribution in [3.63, 3.8) is 0 Å². The van der Waals surface area contributed by atoms with Gasteiger partial charge in [0.15, 0.2) is 0 Å². The van der Waals surface area contributed by atoms with Crippen molar-refractivity contribution in [2.75, 3.05) is 18.5 Å². The molecule has 1 aliphatic rings. The van der Waals surface area contributed by atoms with Crippen LogP contribution in [0.25, 0.3) is 0 Å². The number of likely N-dealkylation sites (N-methyl/N-ethyl adjacent to an activating group) is 1. The molecule has 0 spiro atoms. The number of hydrogen-bond acceptors (Lipinski definition) is 5. The van der Waals surface area contributed by atoms with Gasteiger partial charge in [-0.1, -0.05) is 12.1 Å². The number of benzene rings is 1. The van der Waals surface area contributed by atoms with Crippen LogP contribution in [0, 0.1) is 10.1 Å². The maximum Gasteiger partial charge on any atom is 0.278 e. The van der Waals surface area contributed by atoms with Crippen LogP contribution in [0.4, 0.5) is 10.7 Å². The number of fused-ring (bicyclic) bond motifs is 1. The van der Waals surface area contributed by atoms with Crippen LogP contribution in [0.1, 0.15) is 11.1 Å². The maximum atomic E-state index is 12.0. The van der Waals surface area contributed by atoms with Crippen molar-refractivity contribution in [2.45, 2.75) is 0 Å². The van der Waals surface area contributed by atoms with E-state index in [1.807, 2.05) is 11.4 Å². The Morgan fingerprint density at radius 3 is 2.81 bits per heavy atom. The zero-order chi connectivity index (χ0) is 15.0. The second kappa shape index (κ2) is 5.10. The molecule has 0 fully saturated rings. The molecule has 0 atom stereocenters. The van der Waals surface area contributed by atoms with Gasteiger partial charge in [0, 0.05) is 18.7 Å². The van der Waals surface area contributed by atoms with Crippen LogP contribution in [0.5, 0.6) is 0 Å². The first-order chi connectivity index (χ1) is 10.1. The van der Waals surface area contributed by atoms with Crippen LogP contribution in [0.2, 0.25) is 0 Å². The first kappa shape index (κ1) is 13.4. The van der Waals surface area contributed by atoms with Crippen LogP contribution < -0.4 is 4.90 Å². The number of aliphatic imine (C=N–C) groups is 1. The zero-order valence-corrected chi connectivity index (χ0v) is 12.0. The maximum absolute atomic E-state index is 12.0. The van der Waals surface area contributed by atoms with Gasteiger partial charge in [-0.15, -0.1) is 11.3 Å². The van der Waals surface area contributed by atoms with E-state index in [0.717, 1.165) is 10.6 Å². The summed E-state index contributed by atoms with van der Waals surface area (Å²) in [7, 11) is 1.69. The van der Waals surface area contributed by atoms with E-state index in [2.05, 4.69) is 4.99 Å². The lowest BCUT2D eigenvalue weighted by molar-refractivity contribution is -0.385. The molecule has 0 bridgehead atoms. The summed E-state index contributed by atoms with van der Waals surface area (Å²) in [5, 5.41) is 13.8. The molecule has 0 aliphatic carbocycles. The van der Waals surface area contributed by atoms with Crippen LogP contribution in [0.15, 0.2) is 40.7 Å². The van der Waals surface area contributed by atoms with Crippen molar-refractivity contribution in [2.24, 2.45) is 4.99 Å². The average molecular weight is 301 g/mol. The first-order valence-electron chi connectivity index (χ1n) is 6.22. The summed E-state index contributed by atoms with van der Waals surface area (Å²) < 4.78 is 0. The fourth-order valence-corrected chi connectivity index (χ4v) is 3.14. The van der Waals surface area contributed by atoms with E-state index in [9.17, 15) is 14.9 Å². The van der Waals surface area contributed by atoms with Crippen molar-refractivity contribution >= 4 is 33.6 Å². The number of para-hydroxylation sites is 1. The highest BCUT2D eigenvalue weighted by atomic mass is 32.1. The minimum atomic E-state index is -0.430. The van der Waals surface area contributed by atoms with Crippen molar-refractivity contribution in [1.82, 2.24) is 0 Å². The molecule has 2 heterocycles. The third-order valence-electron chi connectivity index (χ3n) is 3.31. The number of hydrogen-bond donors (Lipinski definition) is 0. The lowest BCUT2D eigenvalue weighted by Crippen LogP contribution is -2.26. The van der Waals surface area contributed by atoms with Crippen molar-refractivity contribution in [3.05, 3.63) is 57.0 Å². The summed E-state index contributed by atoms with van der Waals surface area (Å²) in [4.78, 5) is 28.6. The SMILES string of the molecule is CN1C(=O)CN=C(c2ccccc2[N+](=O)[O-])c2ccsc21. The third-order valence-corrected chi connectivity index (χ3v) is 4.30. The van der Waals surface area contributed by atoms with E-state index in [4.69, 9.17) is 0 Å². The van der Waals surface area contributed by atoms with Gasteiger partial charge in [0.05, 0.1) is 16.2 Å². The fourth-order valence-electron chi connectivity index (χ4n) is 2.26. The summed E-state index contributed by atoms with van der Waals surface area (Å²) in [5.74, 6) is -0.132. The number of carbonyl (C=O) groups is 1. The van der Waals surface area contributed by atoms with Crippen LogP contribution in [-0.2, 0) is 4.79 Å². The third kappa shape index (κ3) is 2.21. The Morgan fingerprint density at radius 1 is 1.29 bits per heavy atom. The molecule has 1 aliphatic heterocycles. The zero-order valence-electron chi connectivity index (χ0n) is 11.1. The number of amides is 1. The predicted octanol–water partition coefficient (Wildman–Crippen LogP) is 2.47. The highest BCUT2D eigenvalue weighted by molar-refractivity contribution is 7.14. The number of rotatable bonds is 2. The molecule has 6 nitrogen and oxygen atoms in total. The summed E-state index contributed by atoms with van der Waals surface area (Å²) in [6.45, 7) is -0.0146. The van der Waals surface area contributed by atoms with Gasteiger partial charge in [0.2, 0.25) is 5.91 Å². The molecule has 7 heteroatoms. The van der Waals surface area contributed by atoms with Crippen LogP contribution in [0.3, 0.4) is 0 Å². The Morgan fingerprint density at radius 2 is 2.05 bits per heavy atom. The summed E-state index contributed by atoms with van der Waals surface area (Å²) in [6.07, 6.45) is 0. The molecule has 0 saturated heterocycles. The molecule has 3 rings (SSSR count). The lowest BCUT2D eigenvalue weighted by Gasteiger charge is -2.13. The van der Waals surface area contributed by atoms with Gasteiger partial charge in [-0.05, 0) is 17.5 Å². The van der Waals surface area contributed by atoms with E-state index in [1.54, 1.807) is 30.1 Å². The molecule has 0 saturated carbocycles. The molecule has 0 unspecified atom stereocenters. The van der Waals surface area contributed by atoms with Gasteiger partial charge in [-0.2, -0.15) is 0 Å². The second-order valence-corrected chi connectivity index (χ2v) is 5.43. The van der Waals surface area contributed by atoms with Crippen molar-refractivity contribution in [1.29, 1.82) is 0 Å². The molecule has 2 aromatic rings. The fraction of sp³-hybridized carbons (Fsp3) is 0.143. The van der Waals surface area contributed by atoms with Crippen LogP contribution in [-0.4, -0.2) is 30.1 Å². The van der Waals surface area contributed by atoms with Gasteiger partial charge in [0.25, 0.3) is 5.69 Å². The smallest absolute Gasteiger partial charge is 0.278 e. The topological polar surface area (TPSA) is 75.8 Å². The van der Waals surface area contributed by atoms with E-state index in [0.29, 0.717) is 11.3 Å². The van der Waals surface area contributed by atoms with E-state index in [1.165, 1.54) is 17.4 Å². The van der Waals surface area contributed by atoms with E-state index < -0.39 is 4.92 Å². The Bertz CT molecular complexity index is 766. The first-order valence-corrected chi connectivity index (χ1v) is 7.10. The molecule has 1 aromatic heterocycles. The quantitative estimate of drug-likeness (QED) is 0.631. The molecular weight excluding hydrogens is 290 g/mol. The lowest BCUT2D eigenvalue weighted by atomic mass is 10.0. The summed E-state index contributed by atoms with van der Waals surface area (Å²) >= 11 is 1.42. The Labute approximate surface area is 124 Å². The van der Waals surface area contributed by atoms with E-state index >= 15 is 0 Å². The number of carbonyl (C=O) groups excluding carboxylic acids is 1. The molecular formula is C14H11N3O3S. The van der Waals surface area contributed by atoms with Gasteiger partial charge < -0.3 is 4.90 Å². The highest BCUT2D eigenvalue weighted by Crippen LogP contribution is 2.33. The summed E-state index contributed by atoms with van der Waals surface area (Å²) in [5.41, 5.74) is 1.68. The monoisotopic (exact) mass is 301 g/mol. The molecule has 106 valence electrons. The number of thiophene rings is 1. The molecule has 1 aromatic carbocycles. The highest BCUT2D eigenvalue weighted by Gasteiger charge is 2.27. The average Bonchev–Trinajstić information content (AvgIpc) is 2.92. The van der Waals surface area contributed by atoms with Crippen molar-refractivity contribution < 1.29 is 9.72 Å². The molecule has 21 heavy (non-hydrogen) atoms. The molecule has 0 N–H and O–H groups in total. The molecule has 0 radical (unpaired) electrons. The van der Waals surface area contributed by atoms with Crippen molar-refractivity contribution in [3.8, 4) is 0 Å². The number of nitrogens with zero attached hydrogens (tertiary/aromatic N) is 3.